The van der Waals surface area contributed by atoms with E-state index in [1.807, 2.05) is 0 Å². The molecule has 3 aromatic heterocycles. The first-order valence-corrected chi connectivity index (χ1v) is 6.17. The Labute approximate surface area is 122 Å². The Bertz CT molecular complexity index is 798. The van der Waals surface area contributed by atoms with Crippen LogP contribution < -0.4 is 5.32 Å². The summed E-state index contributed by atoms with van der Waals surface area (Å²) in [6.07, 6.45) is 1.44. The van der Waals surface area contributed by atoms with E-state index in [9.17, 15) is 4.79 Å². The molecule has 21 heavy (non-hydrogen) atoms. The van der Waals surface area contributed by atoms with E-state index in [4.69, 9.17) is 20.9 Å². The minimum Gasteiger partial charge on any atom is -0.377 e. The minimum absolute atomic E-state index is 0.0286. The van der Waals surface area contributed by atoms with Crippen molar-refractivity contribution in [3.63, 3.8) is 0 Å². The molecular weight excluding hydrogens is 300 g/mol. The van der Waals surface area contributed by atoms with E-state index in [2.05, 4.69) is 30.4 Å². The Balaban J connectivity index is 1.81. The van der Waals surface area contributed by atoms with Gasteiger partial charge in [0.15, 0.2) is 22.3 Å². The zero-order valence-corrected chi connectivity index (χ0v) is 11.5. The molecule has 3 rings (SSSR count). The lowest BCUT2D eigenvalue weighted by atomic mass is 10.3. The number of methoxy groups -OCH3 is 1. The Morgan fingerprint density at radius 3 is 3.19 bits per heavy atom. The number of halogens is 1. The van der Waals surface area contributed by atoms with Crippen LogP contribution in [0.15, 0.2) is 16.9 Å². The van der Waals surface area contributed by atoms with Gasteiger partial charge in [0.2, 0.25) is 5.95 Å². The van der Waals surface area contributed by atoms with Crippen LogP contribution in [0, 0.1) is 0 Å². The van der Waals surface area contributed by atoms with Crippen molar-refractivity contribution in [2.75, 3.05) is 12.4 Å². The van der Waals surface area contributed by atoms with Gasteiger partial charge in [-0.1, -0.05) is 16.8 Å². The Morgan fingerprint density at radius 1 is 1.52 bits per heavy atom. The molecule has 0 saturated carbocycles. The molecule has 0 aliphatic carbocycles. The lowest BCUT2D eigenvalue weighted by Crippen LogP contribution is -2.14. The number of anilines is 1. The quantitative estimate of drug-likeness (QED) is 0.699. The summed E-state index contributed by atoms with van der Waals surface area (Å²) >= 11 is 5.95. The van der Waals surface area contributed by atoms with E-state index in [-0.39, 0.29) is 23.4 Å². The smallest absolute Gasteiger partial charge is 0.280 e. The molecule has 9 nitrogen and oxygen atoms in total. The number of ether oxygens (including phenoxy) is 1. The zero-order chi connectivity index (χ0) is 14.8. The zero-order valence-electron chi connectivity index (χ0n) is 10.8. The summed E-state index contributed by atoms with van der Waals surface area (Å²) in [5.41, 5.74) is 0.938. The van der Waals surface area contributed by atoms with Gasteiger partial charge >= 0.3 is 0 Å². The highest BCUT2D eigenvalue weighted by molar-refractivity contribution is 6.33. The van der Waals surface area contributed by atoms with E-state index in [0.29, 0.717) is 16.9 Å². The first-order chi connectivity index (χ1) is 10.2. The maximum Gasteiger partial charge on any atom is 0.280 e. The standard InChI is InChI=1S/C11H9ClN6O3/c1-20-3-5-2-6(18-21-5)10(19)17-11-15-8(12)7-9(16-11)14-4-13-7/h2,4H,3H2,1H3,(H2,13,14,15,16,17,19). The van der Waals surface area contributed by atoms with Gasteiger partial charge in [0, 0.05) is 13.2 Å². The van der Waals surface area contributed by atoms with Crippen LogP contribution in [0.2, 0.25) is 5.15 Å². The number of nitrogens with zero attached hydrogens (tertiary/aromatic N) is 4. The van der Waals surface area contributed by atoms with E-state index >= 15 is 0 Å². The first kappa shape index (κ1) is 13.5. The number of amides is 1. The van der Waals surface area contributed by atoms with Crippen LogP contribution in [0.3, 0.4) is 0 Å². The molecule has 0 fully saturated rings. The number of nitrogens with one attached hydrogen (secondary N) is 2. The van der Waals surface area contributed by atoms with Crippen LogP contribution in [0.25, 0.3) is 11.2 Å². The van der Waals surface area contributed by atoms with Gasteiger partial charge in [-0.25, -0.2) is 4.98 Å². The van der Waals surface area contributed by atoms with Crippen LogP contribution in [0.5, 0.6) is 0 Å². The van der Waals surface area contributed by atoms with E-state index in [1.54, 1.807) is 0 Å². The number of carbonyl (C=O) groups excluding carboxylic acids is 1. The highest BCUT2D eigenvalue weighted by Gasteiger charge is 2.15. The molecule has 0 saturated heterocycles. The lowest BCUT2D eigenvalue weighted by molar-refractivity contribution is 0.101. The Morgan fingerprint density at radius 2 is 2.38 bits per heavy atom. The predicted molar refractivity (Wildman–Crippen MR) is 71.9 cm³/mol. The summed E-state index contributed by atoms with van der Waals surface area (Å²) in [6.45, 7) is 0.224. The number of H-pyrrole nitrogens is 1. The fraction of sp³-hybridized carbons (Fsp3) is 0.182. The largest absolute Gasteiger partial charge is 0.377 e. The minimum atomic E-state index is -0.521. The number of carbonyl (C=O) groups is 1. The predicted octanol–water partition coefficient (Wildman–Crippen LogP) is 1.39. The lowest BCUT2D eigenvalue weighted by Gasteiger charge is -2.01. The van der Waals surface area contributed by atoms with Gasteiger partial charge in [-0.3, -0.25) is 10.1 Å². The van der Waals surface area contributed by atoms with Gasteiger partial charge in [0.25, 0.3) is 5.91 Å². The third kappa shape index (κ3) is 2.69. The van der Waals surface area contributed by atoms with Crippen molar-refractivity contribution in [3.8, 4) is 0 Å². The summed E-state index contributed by atoms with van der Waals surface area (Å²) in [5, 5.41) is 6.26. The maximum atomic E-state index is 12.0. The topological polar surface area (TPSA) is 119 Å². The third-order valence-corrected chi connectivity index (χ3v) is 2.82. The normalized spacial score (nSPS) is 11.0. The van der Waals surface area contributed by atoms with Gasteiger partial charge in [-0.05, 0) is 0 Å². The van der Waals surface area contributed by atoms with Gasteiger partial charge in [0.1, 0.15) is 12.1 Å². The average molecular weight is 309 g/mol. The molecule has 10 heteroatoms. The van der Waals surface area contributed by atoms with E-state index in [0.717, 1.165) is 0 Å². The molecule has 3 aromatic rings. The van der Waals surface area contributed by atoms with Crippen molar-refractivity contribution in [3.05, 3.63) is 29.0 Å². The Kier molecular flexibility index (Phi) is 3.50. The van der Waals surface area contributed by atoms with Gasteiger partial charge in [0.05, 0.1) is 6.33 Å². The van der Waals surface area contributed by atoms with Crippen molar-refractivity contribution in [2.24, 2.45) is 0 Å². The number of aromatic amines is 1. The average Bonchev–Trinajstić information content (AvgIpc) is 3.08. The number of rotatable bonds is 4. The van der Waals surface area contributed by atoms with Crippen molar-refractivity contribution in [1.29, 1.82) is 0 Å². The van der Waals surface area contributed by atoms with Crippen LogP contribution in [-0.2, 0) is 11.3 Å². The molecule has 1 amide bonds. The number of aromatic nitrogens is 5. The van der Waals surface area contributed by atoms with Crippen LogP contribution in [-0.4, -0.2) is 38.1 Å². The van der Waals surface area contributed by atoms with Gasteiger partial charge < -0.3 is 14.2 Å². The Hall–Kier alpha value is -2.52. The van der Waals surface area contributed by atoms with Crippen LogP contribution in [0.1, 0.15) is 16.2 Å². The molecule has 0 spiro atoms. The molecular formula is C11H9ClN6O3. The third-order valence-electron chi connectivity index (χ3n) is 2.55. The van der Waals surface area contributed by atoms with Crippen LogP contribution >= 0.6 is 11.6 Å². The van der Waals surface area contributed by atoms with E-state index in [1.165, 1.54) is 19.5 Å². The summed E-state index contributed by atoms with van der Waals surface area (Å²) in [4.78, 5) is 26.7. The summed E-state index contributed by atoms with van der Waals surface area (Å²) in [5.74, 6) is -0.0581. The van der Waals surface area contributed by atoms with Crippen LogP contribution in [0.4, 0.5) is 5.95 Å². The van der Waals surface area contributed by atoms with Gasteiger partial charge in [-0.2, -0.15) is 9.97 Å². The molecule has 2 N–H and O–H groups in total. The summed E-state index contributed by atoms with van der Waals surface area (Å²) in [6, 6.07) is 1.47. The summed E-state index contributed by atoms with van der Waals surface area (Å²) in [7, 11) is 1.51. The van der Waals surface area contributed by atoms with Crippen molar-refractivity contribution < 1.29 is 14.1 Å². The van der Waals surface area contributed by atoms with Crippen molar-refractivity contribution in [2.45, 2.75) is 6.61 Å². The molecule has 0 unspecified atom stereocenters. The number of imidazole rings is 1. The monoisotopic (exact) mass is 308 g/mol. The second-order valence-corrected chi connectivity index (χ2v) is 4.36. The highest BCUT2D eigenvalue weighted by Crippen LogP contribution is 2.18. The van der Waals surface area contributed by atoms with E-state index < -0.39 is 5.91 Å². The molecule has 0 bridgehead atoms. The first-order valence-electron chi connectivity index (χ1n) is 5.80. The number of hydrogen-bond donors (Lipinski definition) is 2. The molecule has 0 atom stereocenters. The molecule has 108 valence electrons. The molecule has 0 aromatic carbocycles. The SMILES string of the molecule is COCc1cc(C(=O)Nc2nc(Cl)c3[nH]cnc3n2)no1. The molecule has 0 aliphatic heterocycles. The van der Waals surface area contributed by atoms with Crippen molar-refractivity contribution >= 4 is 34.6 Å². The second kappa shape index (κ2) is 5.46. The fourth-order valence-electron chi connectivity index (χ4n) is 1.65. The second-order valence-electron chi connectivity index (χ2n) is 4.00. The van der Waals surface area contributed by atoms with Gasteiger partial charge in [-0.15, -0.1) is 0 Å². The fourth-order valence-corrected chi connectivity index (χ4v) is 1.87. The molecule has 0 aliphatic rings. The molecule has 0 radical (unpaired) electrons. The summed E-state index contributed by atoms with van der Waals surface area (Å²) < 4.78 is 9.80. The maximum absolute atomic E-state index is 12.0. The highest BCUT2D eigenvalue weighted by atomic mass is 35.5. The number of fused-ring (bicyclic) bond motifs is 1. The van der Waals surface area contributed by atoms with Crippen molar-refractivity contribution in [1.82, 2.24) is 25.1 Å². The number of hydrogen-bond acceptors (Lipinski definition) is 7. The molecule has 3 heterocycles.